The minimum absolute atomic E-state index is 0.157. The number of sulfonamides is 1. The fraction of sp³-hybridized carbons (Fsp3) is 0.0833. The maximum atomic E-state index is 13.8. The first-order valence-corrected chi connectivity index (χ1v) is 11.3. The SMILES string of the molecule is O=C(CN1c2cccc3cccc(c23)S1(=O)=O)OC(c1cccc(F)c1)c1ccccn1. The van der Waals surface area contributed by atoms with E-state index in [0.29, 0.717) is 22.3 Å². The molecule has 1 aromatic heterocycles. The summed E-state index contributed by atoms with van der Waals surface area (Å²) in [5.74, 6) is -1.26. The Morgan fingerprint density at radius 1 is 1.00 bits per heavy atom. The molecule has 1 atom stereocenters. The molecule has 0 spiro atoms. The van der Waals surface area contributed by atoms with E-state index in [9.17, 15) is 17.6 Å². The molecule has 0 radical (unpaired) electrons. The average Bonchev–Trinajstić information content (AvgIpc) is 3.01. The third-order valence-electron chi connectivity index (χ3n) is 5.31. The first-order valence-electron chi connectivity index (χ1n) is 9.85. The second kappa shape index (κ2) is 7.72. The fourth-order valence-corrected chi connectivity index (χ4v) is 5.57. The molecule has 0 bridgehead atoms. The first kappa shape index (κ1) is 20.1. The molecule has 2 heterocycles. The molecule has 1 aliphatic rings. The van der Waals surface area contributed by atoms with Crippen molar-refractivity contribution in [3.8, 4) is 0 Å². The van der Waals surface area contributed by atoms with Crippen LogP contribution in [0.3, 0.4) is 0 Å². The van der Waals surface area contributed by atoms with Crippen LogP contribution >= 0.6 is 0 Å². The van der Waals surface area contributed by atoms with Crippen LogP contribution in [0.1, 0.15) is 17.4 Å². The smallest absolute Gasteiger partial charge is 0.327 e. The van der Waals surface area contributed by atoms with Gasteiger partial charge in [-0.2, -0.15) is 0 Å². The summed E-state index contributed by atoms with van der Waals surface area (Å²) in [4.78, 5) is 17.3. The number of carbonyl (C=O) groups excluding carboxylic acids is 1. The van der Waals surface area contributed by atoms with Crippen LogP contribution in [0, 0.1) is 5.82 Å². The maximum Gasteiger partial charge on any atom is 0.327 e. The first-order chi connectivity index (χ1) is 15.4. The molecule has 160 valence electrons. The van der Waals surface area contributed by atoms with Crippen LogP contribution in [0.4, 0.5) is 10.1 Å². The highest BCUT2D eigenvalue weighted by molar-refractivity contribution is 7.93. The number of anilines is 1. The molecule has 0 fully saturated rings. The Morgan fingerprint density at radius 2 is 1.78 bits per heavy atom. The van der Waals surface area contributed by atoms with E-state index >= 15 is 0 Å². The summed E-state index contributed by atoms with van der Waals surface area (Å²) < 4.78 is 46.8. The van der Waals surface area contributed by atoms with Gasteiger partial charge in [-0.05, 0) is 41.8 Å². The predicted molar refractivity (Wildman–Crippen MR) is 117 cm³/mol. The van der Waals surface area contributed by atoms with Crippen molar-refractivity contribution in [1.82, 2.24) is 4.98 Å². The van der Waals surface area contributed by atoms with Gasteiger partial charge in [0.05, 0.1) is 16.3 Å². The molecule has 0 N–H and O–H groups in total. The quantitative estimate of drug-likeness (QED) is 0.428. The van der Waals surface area contributed by atoms with Gasteiger partial charge in [0, 0.05) is 17.1 Å². The van der Waals surface area contributed by atoms with Gasteiger partial charge in [0.1, 0.15) is 12.4 Å². The molecule has 32 heavy (non-hydrogen) atoms. The van der Waals surface area contributed by atoms with Gasteiger partial charge < -0.3 is 4.74 Å². The Balaban J connectivity index is 1.48. The van der Waals surface area contributed by atoms with Gasteiger partial charge >= 0.3 is 5.97 Å². The van der Waals surface area contributed by atoms with Gasteiger partial charge in [-0.3, -0.25) is 14.1 Å². The number of benzene rings is 3. The predicted octanol–water partition coefficient (Wildman–Crippen LogP) is 4.22. The average molecular weight is 448 g/mol. The fourth-order valence-electron chi connectivity index (χ4n) is 3.91. The van der Waals surface area contributed by atoms with Crippen molar-refractivity contribution in [1.29, 1.82) is 0 Å². The van der Waals surface area contributed by atoms with Crippen molar-refractivity contribution in [3.63, 3.8) is 0 Å². The number of pyridine rings is 1. The lowest BCUT2D eigenvalue weighted by Crippen LogP contribution is -2.34. The number of nitrogens with zero attached hydrogens (tertiary/aromatic N) is 2. The molecule has 1 unspecified atom stereocenters. The lowest BCUT2D eigenvalue weighted by Gasteiger charge is -2.22. The topological polar surface area (TPSA) is 76.6 Å². The van der Waals surface area contributed by atoms with Crippen LogP contribution < -0.4 is 4.31 Å². The lowest BCUT2D eigenvalue weighted by molar-refractivity contribution is -0.145. The van der Waals surface area contributed by atoms with E-state index in [1.807, 2.05) is 12.1 Å². The van der Waals surface area contributed by atoms with E-state index in [0.717, 1.165) is 9.69 Å². The number of carbonyl (C=O) groups is 1. The van der Waals surface area contributed by atoms with Crippen LogP contribution in [0.25, 0.3) is 10.8 Å². The van der Waals surface area contributed by atoms with Crippen LogP contribution in [-0.2, 0) is 19.6 Å². The summed E-state index contributed by atoms with van der Waals surface area (Å²) in [6, 6.07) is 21.0. The molecule has 5 rings (SSSR count). The Labute approximate surface area is 183 Å². The second-order valence-electron chi connectivity index (χ2n) is 7.32. The Hall–Kier alpha value is -3.78. The maximum absolute atomic E-state index is 13.8. The molecule has 3 aromatic carbocycles. The van der Waals surface area contributed by atoms with E-state index in [1.54, 1.807) is 42.5 Å². The van der Waals surface area contributed by atoms with E-state index in [2.05, 4.69) is 4.98 Å². The van der Waals surface area contributed by atoms with Crippen molar-refractivity contribution < 1.29 is 22.3 Å². The highest BCUT2D eigenvalue weighted by Crippen LogP contribution is 2.42. The van der Waals surface area contributed by atoms with Crippen LogP contribution in [-0.4, -0.2) is 25.9 Å². The van der Waals surface area contributed by atoms with Crippen LogP contribution in [0.2, 0.25) is 0 Å². The third-order valence-corrected chi connectivity index (χ3v) is 7.11. The minimum Gasteiger partial charge on any atom is -0.450 e. The van der Waals surface area contributed by atoms with E-state index in [4.69, 9.17) is 4.74 Å². The number of ether oxygens (including phenoxy) is 1. The molecule has 0 saturated carbocycles. The zero-order valence-electron chi connectivity index (χ0n) is 16.7. The molecule has 4 aromatic rings. The van der Waals surface area contributed by atoms with Crippen molar-refractivity contribution in [2.75, 3.05) is 10.8 Å². The van der Waals surface area contributed by atoms with E-state index < -0.39 is 34.5 Å². The third kappa shape index (κ3) is 3.38. The Morgan fingerprint density at radius 3 is 2.53 bits per heavy atom. The highest BCUT2D eigenvalue weighted by Gasteiger charge is 2.37. The molecule has 6 nitrogen and oxygen atoms in total. The minimum atomic E-state index is -3.91. The second-order valence-corrected chi connectivity index (χ2v) is 9.15. The summed E-state index contributed by atoms with van der Waals surface area (Å²) in [6.45, 7) is -0.519. The summed E-state index contributed by atoms with van der Waals surface area (Å²) >= 11 is 0. The summed E-state index contributed by atoms with van der Waals surface area (Å²) in [5, 5.41) is 1.35. The Bertz CT molecular complexity index is 1440. The number of aromatic nitrogens is 1. The molecular weight excluding hydrogens is 431 g/mol. The lowest BCUT2D eigenvalue weighted by atomic mass is 10.1. The highest BCUT2D eigenvalue weighted by atomic mass is 32.2. The van der Waals surface area contributed by atoms with Gasteiger partial charge in [0.2, 0.25) is 0 Å². The largest absolute Gasteiger partial charge is 0.450 e. The van der Waals surface area contributed by atoms with Crippen molar-refractivity contribution in [2.45, 2.75) is 11.0 Å². The zero-order chi connectivity index (χ0) is 22.3. The molecule has 0 saturated heterocycles. The number of hydrogen-bond acceptors (Lipinski definition) is 5. The molecular formula is C24H17FN2O4S. The normalized spacial score (nSPS) is 15.0. The Kier molecular flexibility index (Phi) is 4.86. The van der Waals surface area contributed by atoms with Crippen LogP contribution in [0.15, 0.2) is 90.0 Å². The monoisotopic (exact) mass is 448 g/mol. The molecule has 0 amide bonds. The summed E-state index contributed by atoms with van der Waals surface area (Å²) in [7, 11) is -3.91. The van der Waals surface area contributed by atoms with Gasteiger partial charge in [-0.1, -0.05) is 42.5 Å². The van der Waals surface area contributed by atoms with Crippen LogP contribution in [0.5, 0.6) is 0 Å². The number of halogens is 1. The summed E-state index contributed by atoms with van der Waals surface area (Å²) in [6.07, 6.45) is 0.556. The van der Waals surface area contributed by atoms with Crippen molar-refractivity contribution >= 4 is 32.5 Å². The van der Waals surface area contributed by atoms with Gasteiger partial charge in [-0.25, -0.2) is 12.8 Å². The van der Waals surface area contributed by atoms with Gasteiger partial charge in [-0.15, -0.1) is 0 Å². The van der Waals surface area contributed by atoms with Gasteiger partial charge in [0.25, 0.3) is 10.0 Å². The van der Waals surface area contributed by atoms with E-state index in [-0.39, 0.29) is 4.90 Å². The van der Waals surface area contributed by atoms with Crippen molar-refractivity contribution in [3.05, 3.63) is 102 Å². The number of esters is 1. The number of rotatable bonds is 5. The molecule has 8 heteroatoms. The summed E-state index contributed by atoms with van der Waals surface area (Å²) in [5.41, 5.74) is 1.23. The standard InChI is InChI=1S/C24H17FN2O4S/c25-18-9-3-8-17(14-18)24(19-10-1-2-13-26-19)31-22(28)15-27-20-11-4-6-16-7-5-12-21(23(16)20)32(27,29)30/h1-14,24H,15H2. The van der Waals surface area contributed by atoms with Gasteiger partial charge in [0.15, 0.2) is 6.10 Å². The van der Waals surface area contributed by atoms with E-state index in [1.165, 1.54) is 30.5 Å². The number of hydrogen-bond donors (Lipinski definition) is 0. The molecule has 0 aliphatic carbocycles. The zero-order valence-corrected chi connectivity index (χ0v) is 17.5. The van der Waals surface area contributed by atoms with Crippen molar-refractivity contribution in [2.24, 2.45) is 0 Å². The molecule has 1 aliphatic heterocycles.